The Balaban J connectivity index is 1.72. The van der Waals surface area contributed by atoms with Gasteiger partial charge in [0.15, 0.2) is 0 Å². The van der Waals surface area contributed by atoms with Crippen LogP contribution in [0.2, 0.25) is 0 Å². The van der Waals surface area contributed by atoms with E-state index in [0.717, 1.165) is 17.7 Å². The minimum atomic E-state index is -4.35. The molecule has 6 heteroatoms. The fourth-order valence-electron chi connectivity index (χ4n) is 2.95. The number of alkyl halides is 3. The normalized spacial score (nSPS) is 19.1. The van der Waals surface area contributed by atoms with Crippen LogP contribution in [0.15, 0.2) is 48.5 Å². The van der Waals surface area contributed by atoms with Crippen molar-refractivity contribution in [2.75, 3.05) is 19.8 Å². The maximum absolute atomic E-state index is 13.0. The summed E-state index contributed by atoms with van der Waals surface area (Å²) in [7, 11) is 0. The minimum absolute atomic E-state index is 0.0677. The summed E-state index contributed by atoms with van der Waals surface area (Å²) >= 11 is 0. The molecule has 1 aliphatic heterocycles. The quantitative estimate of drug-likeness (QED) is 0.808. The van der Waals surface area contributed by atoms with Gasteiger partial charge in [0.05, 0.1) is 31.4 Å². The van der Waals surface area contributed by atoms with Crippen LogP contribution in [-0.2, 0) is 22.4 Å². The Hall–Kier alpha value is -1.89. The summed E-state index contributed by atoms with van der Waals surface area (Å²) in [5.41, 5.74) is 1.48. The van der Waals surface area contributed by atoms with Gasteiger partial charge in [0, 0.05) is 6.54 Å². The molecule has 2 aromatic rings. The zero-order valence-corrected chi connectivity index (χ0v) is 13.9. The van der Waals surface area contributed by atoms with Crippen LogP contribution in [0.3, 0.4) is 0 Å². The number of ether oxygens (including phenoxy) is 1. The highest BCUT2D eigenvalue weighted by Gasteiger charge is 2.31. The number of rotatable bonds is 4. The second-order valence-corrected chi connectivity index (χ2v) is 6.12. The molecule has 0 aromatic heterocycles. The number of hydrogen-bond acceptors (Lipinski definition) is 3. The molecule has 0 radical (unpaired) electrons. The number of hydroxylamine groups is 2. The predicted molar refractivity (Wildman–Crippen MR) is 87.7 cm³/mol. The van der Waals surface area contributed by atoms with Crippen molar-refractivity contribution in [2.45, 2.75) is 25.7 Å². The lowest BCUT2D eigenvalue weighted by molar-refractivity contribution is -0.235. The zero-order valence-electron chi connectivity index (χ0n) is 13.9. The Labute approximate surface area is 144 Å². The first-order valence-corrected chi connectivity index (χ1v) is 8.13. The van der Waals surface area contributed by atoms with E-state index in [4.69, 9.17) is 9.57 Å². The topological polar surface area (TPSA) is 21.7 Å². The van der Waals surface area contributed by atoms with Crippen molar-refractivity contribution in [3.8, 4) is 0 Å². The molecule has 3 rings (SSSR count). The molecule has 0 spiro atoms. The van der Waals surface area contributed by atoms with Crippen LogP contribution in [0, 0.1) is 6.92 Å². The summed E-state index contributed by atoms with van der Waals surface area (Å²) in [6.07, 6.45) is -4.35. The lowest BCUT2D eigenvalue weighted by atomic mass is 10.1. The molecule has 1 unspecified atom stereocenters. The maximum atomic E-state index is 13.0. The van der Waals surface area contributed by atoms with Crippen molar-refractivity contribution in [3.63, 3.8) is 0 Å². The molecule has 1 saturated heterocycles. The van der Waals surface area contributed by atoms with Crippen molar-refractivity contribution < 1.29 is 22.7 Å². The molecule has 0 N–H and O–H groups in total. The number of nitrogens with zero attached hydrogens (tertiary/aromatic N) is 1. The van der Waals surface area contributed by atoms with Gasteiger partial charge in [-0.05, 0) is 30.2 Å². The Morgan fingerprint density at radius 1 is 1.16 bits per heavy atom. The molecular formula is C19H20F3NO2. The first kappa shape index (κ1) is 17.9. The number of morpholine rings is 1. The zero-order chi connectivity index (χ0) is 17.9. The average molecular weight is 351 g/mol. The van der Waals surface area contributed by atoms with Crippen LogP contribution >= 0.6 is 0 Å². The monoisotopic (exact) mass is 351 g/mol. The lowest BCUT2D eigenvalue weighted by Gasteiger charge is -2.34. The maximum Gasteiger partial charge on any atom is 0.416 e. The first-order chi connectivity index (χ1) is 11.9. The fourth-order valence-corrected chi connectivity index (χ4v) is 2.95. The fraction of sp³-hybridized carbons (Fsp3) is 0.368. The van der Waals surface area contributed by atoms with Gasteiger partial charge in [-0.15, -0.1) is 0 Å². The summed E-state index contributed by atoms with van der Waals surface area (Å²) in [5, 5.41) is 1.80. The molecule has 1 atom stereocenters. The predicted octanol–water partition coefficient (Wildman–Crippen LogP) is 4.52. The second-order valence-electron chi connectivity index (χ2n) is 6.12. The number of hydrogen-bond donors (Lipinski definition) is 0. The largest absolute Gasteiger partial charge is 0.416 e. The molecule has 1 heterocycles. The van der Waals surface area contributed by atoms with Crippen LogP contribution in [-0.4, -0.2) is 24.8 Å². The van der Waals surface area contributed by atoms with Gasteiger partial charge in [-0.3, -0.25) is 4.84 Å². The van der Waals surface area contributed by atoms with Gasteiger partial charge in [-0.2, -0.15) is 18.2 Å². The highest BCUT2D eigenvalue weighted by atomic mass is 19.4. The van der Waals surface area contributed by atoms with E-state index in [1.165, 1.54) is 0 Å². The smallest absolute Gasteiger partial charge is 0.378 e. The molecule has 0 saturated carbocycles. The van der Waals surface area contributed by atoms with Gasteiger partial charge in [0.2, 0.25) is 0 Å². The van der Waals surface area contributed by atoms with Crippen molar-refractivity contribution in [1.82, 2.24) is 5.06 Å². The van der Waals surface area contributed by atoms with Crippen LogP contribution in [0.1, 0.15) is 28.3 Å². The molecule has 2 aromatic carbocycles. The highest BCUT2D eigenvalue weighted by molar-refractivity contribution is 5.30. The summed E-state index contributed by atoms with van der Waals surface area (Å²) < 4.78 is 44.4. The van der Waals surface area contributed by atoms with Gasteiger partial charge in [0.1, 0.15) is 0 Å². The van der Waals surface area contributed by atoms with E-state index in [9.17, 15) is 13.2 Å². The van der Waals surface area contributed by atoms with Gasteiger partial charge in [-0.25, -0.2) is 0 Å². The molecule has 3 nitrogen and oxygen atoms in total. The Morgan fingerprint density at radius 3 is 2.64 bits per heavy atom. The average Bonchev–Trinajstić information content (AvgIpc) is 2.60. The third-order valence-electron chi connectivity index (χ3n) is 4.13. The van der Waals surface area contributed by atoms with Crippen LogP contribution in [0.5, 0.6) is 0 Å². The molecule has 0 aliphatic carbocycles. The van der Waals surface area contributed by atoms with E-state index in [2.05, 4.69) is 0 Å². The van der Waals surface area contributed by atoms with Crippen molar-refractivity contribution in [1.29, 1.82) is 0 Å². The second kappa shape index (κ2) is 7.56. The van der Waals surface area contributed by atoms with Crippen molar-refractivity contribution in [2.24, 2.45) is 0 Å². The summed E-state index contributed by atoms with van der Waals surface area (Å²) in [6.45, 7) is 3.34. The molecule has 134 valence electrons. The van der Waals surface area contributed by atoms with Gasteiger partial charge >= 0.3 is 6.18 Å². The van der Waals surface area contributed by atoms with E-state index in [1.807, 2.05) is 30.3 Å². The van der Waals surface area contributed by atoms with E-state index >= 15 is 0 Å². The summed E-state index contributed by atoms with van der Waals surface area (Å²) in [5.74, 6) is 0. The van der Waals surface area contributed by atoms with E-state index in [-0.39, 0.29) is 12.6 Å². The van der Waals surface area contributed by atoms with Crippen LogP contribution in [0.25, 0.3) is 0 Å². The molecule has 0 bridgehead atoms. The van der Waals surface area contributed by atoms with Crippen molar-refractivity contribution in [3.05, 3.63) is 70.8 Å². The molecule has 1 fully saturated rings. The Bertz CT molecular complexity index is 704. The van der Waals surface area contributed by atoms with E-state index in [0.29, 0.717) is 30.9 Å². The molecule has 0 amide bonds. The number of aryl methyl sites for hydroxylation is 1. The highest BCUT2D eigenvalue weighted by Crippen LogP contribution is 2.31. The van der Waals surface area contributed by atoms with Crippen LogP contribution < -0.4 is 0 Å². The van der Waals surface area contributed by atoms with E-state index in [1.54, 1.807) is 18.1 Å². The van der Waals surface area contributed by atoms with Gasteiger partial charge in [0.25, 0.3) is 0 Å². The van der Waals surface area contributed by atoms with Gasteiger partial charge in [-0.1, -0.05) is 42.0 Å². The molecule has 1 aliphatic rings. The summed E-state index contributed by atoms with van der Waals surface area (Å²) in [4.78, 5) is 5.84. The number of halogens is 3. The first-order valence-electron chi connectivity index (χ1n) is 8.13. The minimum Gasteiger partial charge on any atom is -0.378 e. The lowest BCUT2D eigenvalue weighted by Crippen LogP contribution is -2.39. The Morgan fingerprint density at radius 2 is 1.92 bits per heavy atom. The molecular weight excluding hydrogens is 331 g/mol. The Kier molecular flexibility index (Phi) is 5.42. The van der Waals surface area contributed by atoms with Gasteiger partial charge < -0.3 is 4.74 Å². The SMILES string of the molecule is Cc1cc(CON2CCOCC2c2ccccc2)cc(C(F)(F)F)c1. The summed E-state index contributed by atoms with van der Waals surface area (Å²) in [6, 6.07) is 13.7. The van der Waals surface area contributed by atoms with E-state index < -0.39 is 11.7 Å². The third kappa shape index (κ3) is 4.60. The van der Waals surface area contributed by atoms with Crippen molar-refractivity contribution >= 4 is 0 Å². The van der Waals surface area contributed by atoms with Crippen LogP contribution in [0.4, 0.5) is 13.2 Å². The molecule has 25 heavy (non-hydrogen) atoms. The third-order valence-corrected chi connectivity index (χ3v) is 4.13. The number of benzene rings is 2. The standard InChI is InChI=1S/C19H20F3NO2/c1-14-9-15(11-17(10-14)19(20,21)22)12-25-23-7-8-24-13-18(23)16-5-3-2-4-6-16/h2-6,9-11,18H,7-8,12-13H2,1H3.